The molecule has 0 spiro atoms. The van der Waals surface area contributed by atoms with Crippen molar-refractivity contribution in [3.8, 4) is 0 Å². The first-order valence-electron chi connectivity index (χ1n) is 10.3. The predicted octanol–water partition coefficient (Wildman–Crippen LogP) is 2.68. The second kappa shape index (κ2) is 10.6. The third-order valence-electron chi connectivity index (χ3n) is 5.43. The molecule has 154 valence electrons. The van der Waals surface area contributed by atoms with Gasteiger partial charge in [0, 0.05) is 31.1 Å². The van der Waals surface area contributed by atoms with Gasteiger partial charge in [-0.25, -0.2) is 4.99 Å². The molecule has 0 saturated carbocycles. The number of nitrogens with zero attached hydrogens (tertiary/aromatic N) is 5. The number of hydrogen-bond donors (Lipinski definition) is 2. The maximum absolute atomic E-state index is 4.73. The largest absolute Gasteiger partial charge is 0.356 e. The molecule has 0 radical (unpaired) electrons. The zero-order chi connectivity index (χ0) is 19.8. The van der Waals surface area contributed by atoms with E-state index in [-0.39, 0.29) is 0 Å². The Morgan fingerprint density at radius 1 is 1.32 bits per heavy atom. The molecule has 1 aliphatic rings. The van der Waals surface area contributed by atoms with Crippen LogP contribution in [-0.2, 0) is 20.1 Å². The first-order chi connectivity index (χ1) is 13.6. The average molecular weight is 404 g/mol. The summed E-state index contributed by atoms with van der Waals surface area (Å²) >= 11 is 1.75. The number of likely N-dealkylation sites (tertiary alicyclic amines) is 1. The van der Waals surface area contributed by atoms with Crippen molar-refractivity contribution in [3.05, 3.63) is 34.0 Å². The summed E-state index contributed by atoms with van der Waals surface area (Å²) in [6.07, 6.45) is 5.16. The molecular weight excluding hydrogens is 370 g/mol. The van der Waals surface area contributed by atoms with Crippen molar-refractivity contribution in [1.29, 1.82) is 0 Å². The Labute approximate surface area is 172 Å². The van der Waals surface area contributed by atoms with E-state index in [1.807, 2.05) is 18.5 Å². The first-order valence-corrected chi connectivity index (χ1v) is 11.1. The van der Waals surface area contributed by atoms with E-state index in [2.05, 4.69) is 50.2 Å². The van der Waals surface area contributed by atoms with Crippen molar-refractivity contribution in [1.82, 2.24) is 30.3 Å². The molecular formula is C20H33N7S. The van der Waals surface area contributed by atoms with Crippen LogP contribution in [0.4, 0.5) is 0 Å². The van der Waals surface area contributed by atoms with Gasteiger partial charge in [-0.2, -0.15) is 0 Å². The van der Waals surface area contributed by atoms with E-state index in [0.717, 1.165) is 49.7 Å². The summed E-state index contributed by atoms with van der Waals surface area (Å²) in [5, 5.41) is 17.4. The molecule has 3 rings (SSSR count). The Kier molecular flexibility index (Phi) is 7.85. The molecule has 1 aliphatic heterocycles. The maximum atomic E-state index is 4.73. The third-order valence-corrected chi connectivity index (χ3v) is 6.30. The predicted molar refractivity (Wildman–Crippen MR) is 116 cm³/mol. The summed E-state index contributed by atoms with van der Waals surface area (Å²) in [6, 6.07) is 4.94. The van der Waals surface area contributed by atoms with Crippen LogP contribution < -0.4 is 10.6 Å². The van der Waals surface area contributed by atoms with Crippen molar-refractivity contribution < 1.29 is 0 Å². The van der Waals surface area contributed by atoms with E-state index in [1.165, 1.54) is 30.7 Å². The second-order valence-electron chi connectivity index (χ2n) is 7.48. The van der Waals surface area contributed by atoms with E-state index in [1.54, 1.807) is 11.3 Å². The number of aromatic nitrogens is 3. The number of hydrogen-bond acceptors (Lipinski definition) is 5. The Hall–Kier alpha value is -1.93. The van der Waals surface area contributed by atoms with Crippen LogP contribution in [0.15, 0.2) is 22.5 Å². The molecule has 2 aromatic rings. The molecule has 2 N–H and O–H groups in total. The number of thiophene rings is 1. The van der Waals surface area contributed by atoms with Crippen LogP contribution in [0.1, 0.15) is 49.1 Å². The molecule has 1 fully saturated rings. The van der Waals surface area contributed by atoms with Gasteiger partial charge in [-0.3, -0.25) is 0 Å². The van der Waals surface area contributed by atoms with Crippen molar-refractivity contribution in [2.24, 2.45) is 12.0 Å². The lowest BCUT2D eigenvalue weighted by Crippen LogP contribution is -2.41. The highest BCUT2D eigenvalue weighted by molar-refractivity contribution is 7.09. The van der Waals surface area contributed by atoms with Crippen molar-refractivity contribution in [2.45, 2.75) is 58.7 Å². The summed E-state index contributed by atoms with van der Waals surface area (Å²) in [7, 11) is 1.98. The van der Waals surface area contributed by atoms with Crippen LogP contribution in [-0.4, -0.2) is 51.3 Å². The van der Waals surface area contributed by atoms with Gasteiger partial charge in [0.15, 0.2) is 11.8 Å². The van der Waals surface area contributed by atoms with Gasteiger partial charge < -0.3 is 20.1 Å². The topological polar surface area (TPSA) is 70.4 Å². The molecule has 1 atom stereocenters. The Morgan fingerprint density at radius 3 is 2.93 bits per heavy atom. The van der Waals surface area contributed by atoms with Crippen molar-refractivity contribution in [3.63, 3.8) is 0 Å². The minimum absolute atomic E-state index is 0.514. The lowest BCUT2D eigenvalue weighted by molar-refractivity contribution is 0.159. The smallest absolute Gasteiger partial charge is 0.192 e. The van der Waals surface area contributed by atoms with Gasteiger partial charge >= 0.3 is 0 Å². The summed E-state index contributed by atoms with van der Waals surface area (Å²) in [5.74, 6) is 2.61. The van der Waals surface area contributed by atoms with E-state index < -0.39 is 0 Å². The Morgan fingerprint density at radius 2 is 2.21 bits per heavy atom. The lowest BCUT2D eigenvalue weighted by Gasteiger charge is -2.33. The SMILES string of the molecule is Cc1nnc(CN=C(NCCCN2CCCCC2C)NCc2cccs2)n1C. The third kappa shape index (κ3) is 6.04. The normalized spacial score (nSPS) is 18.4. The minimum Gasteiger partial charge on any atom is -0.356 e. The van der Waals surface area contributed by atoms with Crippen LogP contribution in [0.3, 0.4) is 0 Å². The van der Waals surface area contributed by atoms with E-state index in [9.17, 15) is 0 Å². The van der Waals surface area contributed by atoms with Crippen LogP contribution >= 0.6 is 11.3 Å². The van der Waals surface area contributed by atoms with Crippen molar-refractivity contribution in [2.75, 3.05) is 19.6 Å². The Balaban J connectivity index is 1.51. The van der Waals surface area contributed by atoms with Crippen LogP contribution in [0.2, 0.25) is 0 Å². The fourth-order valence-electron chi connectivity index (χ4n) is 3.48. The van der Waals surface area contributed by atoms with Gasteiger partial charge in [0.2, 0.25) is 0 Å². The molecule has 0 aliphatic carbocycles. The van der Waals surface area contributed by atoms with Crippen LogP contribution in [0.5, 0.6) is 0 Å². The number of guanidine groups is 1. The summed E-state index contributed by atoms with van der Waals surface area (Å²) in [6.45, 7) is 8.90. The highest BCUT2D eigenvalue weighted by Gasteiger charge is 2.17. The van der Waals surface area contributed by atoms with E-state index in [4.69, 9.17) is 4.99 Å². The van der Waals surface area contributed by atoms with Gasteiger partial charge in [0.05, 0.1) is 6.54 Å². The number of aliphatic imine (C=N–C) groups is 1. The van der Waals surface area contributed by atoms with Crippen molar-refractivity contribution >= 4 is 17.3 Å². The van der Waals surface area contributed by atoms with Gasteiger partial charge in [-0.05, 0) is 51.1 Å². The number of aryl methyl sites for hydroxylation is 1. The highest BCUT2D eigenvalue weighted by atomic mass is 32.1. The molecule has 3 heterocycles. The molecule has 0 bridgehead atoms. The molecule has 1 saturated heterocycles. The zero-order valence-corrected chi connectivity index (χ0v) is 18.1. The average Bonchev–Trinajstić information content (AvgIpc) is 3.33. The number of nitrogens with one attached hydrogen (secondary N) is 2. The standard InChI is InChI=1S/C20H33N7S/c1-16-8-4-5-11-27(16)12-7-10-21-20(22-14-18-9-6-13-28-18)23-15-19-25-24-17(2)26(19)3/h6,9,13,16H,4-5,7-8,10-12,14-15H2,1-3H3,(H2,21,22,23). The summed E-state index contributed by atoms with van der Waals surface area (Å²) in [5.41, 5.74) is 0. The second-order valence-corrected chi connectivity index (χ2v) is 8.51. The summed E-state index contributed by atoms with van der Waals surface area (Å²) < 4.78 is 1.98. The molecule has 0 amide bonds. The Bertz CT molecular complexity index is 738. The molecule has 8 heteroatoms. The van der Waals surface area contributed by atoms with E-state index in [0.29, 0.717) is 6.54 Å². The summed E-state index contributed by atoms with van der Waals surface area (Å²) in [4.78, 5) is 8.64. The van der Waals surface area contributed by atoms with E-state index >= 15 is 0 Å². The fraction of sp³-hybridized carbons (Fsp3) is 0.650. The monoisotopic (exact) mass is 403 g/mol. The molecule has 7 nitrogen and oxygen atoms in total. The lowest BCUT2D eigenvalue weighted by atomic mass is 10.0. The van der Waals surface area contributed by atoms with Crippen LogP contribution in [0.25, 0.3) is 0 Å². The molecule has 1 unspecified atom stereocenters. The van der Waals surface area contributed by atoms with Gasteiger partial charge in [-0.1, -0.05) is 12.5 Å². The number of rotatable bonds is 8. The van der Waals surface area contributed by atoms with Crippen LogP contribution in [0, 0.1) is 6.92 Å². The maximum Gasteiger partial charge on any atom is 0.192 e. The first kappa shape index (κ1) is 20.8. The quantitative estimate of drug-likeness (QED) is 0.403. The van der Waals surface area contributed by atoms with Gasteiger partial charge in [0.25, 0.3) is 0 Å². The number of piperidine rings is 1. The molecule has 28 heavy (non-hydrogen) atoms. The highest BCUT2D eigenvalue weighted by Crippen LogP contribution is 2.16. The molecule has 2 aromatic heterocycles. The van der Waals surface area contributed by atoms with Gasteiger partial charge in [-0.15, -0.1) is 21.5 Å². The minimum atomic E-state index is 0.514. The van der Waals surface area contributed by atoms with Gasteiger partial charge in [0.1, 0.15) is 12.4 Å². The molecule has 0 aromatic carbocycles. The zero-order valence-electron chi connectivity index (χ0n) is 17.3. The fourth-order valence-corrected chi connectivity index (χ4v) is 4.12.